The van der Waals surface area contributed by atoms with E-state index in [0.717, 1.165) is 30.9 Å². The summed E-state index contributed by atoms with van der Waals surface area (Å²) in [5.74, 6) is 1.74. The third kappa shape index (κ3) is 5.13. The van der Waals surface area contributed by atoms with Gasteiger partial charge in [-0.25, -0.2) is 0 Å². The number of benzene rings is 1. The summed E-state index contributed by atoms with van der Waals surface area (Å²) in [6.07, 6.45) is 4.82. The minimum absolute atomic E-state index is 0. The van der Waals surface area contributed by atoms with Crippen LogP contribution in [0.1, 0.15) is 31.7 Å². The van der Waals surface area contributed by atoms with E-state index in [0.29, 0.717) is 37.0 Å². The zero-order valence-electron chi connectivity index (χ0n) is 14.8. The summed E-state index contributed by atoms with van der Waals surface area (Å²) in [5.41, 5.74) is 0.874. The Balaban J connectivity index is 0.00000225. The van der Waals surface area contributed by atoms with Gasteiger partial charge in [0.25, 0.3) is 0 Å². The lowest BCUT2D eigenvalue weighted by Gasteiger charge is -2.22. The van der Waals surface area contributed by atoms with Gasteiger partial charge in [-0.2, -0.15) is 0 Å². The molecule has 3 unspecified atom stereocenters. The van der Waals surface area contributed by atoms with E-state index in [1.165, 1.54) is 6.42 Å². The molecule has 140 valence electrons. The first-order chi connectivity index (χ1) is 11.7. The fourth-order valence-corrected chi connectivity index (χ4v) is 3.46. The highest BCUT2D eigenvalue weighted by atomic mass is 127. The molecule has 0 saturated carbocycles. The number of phenolic OH excluding ortho intramolecular Hbond substituents is 1. The Morgan fingerprint density at radius 3 is 2.84 bits per heavy atom. The van der Waals surface area contributed by atoms with Gasteiger partial charge in [0.1, 0.15) is 11.5 Å². The first kappa shape index (κ1) is 20.1. The Labute approximate surface area is 166 Å². The minimum atomic E-state index is 0. The van der Waals surface area contributed by atoms with Gasteiger partial charge in [0.05, 0.1) is 25.4 Å². The summed E-state index contributed by atoms with van der Waals surface area (Å²) in [6.45, 7) is 3.49. The smallest absolute Gasteiger partial charge is 0.191 e. The van der Waals surface area contributed by atoms with Gasteiger partial charge in [-0.3, -0.25) is 4.99 Å². The Hall–Kier alpha value is -1.22. The summed E-state index contributed by atoms with van der Waals surface area (Å²) in [7, 11) is 1.59. The summed E-state index contributed by atoms with van der Waals surface area (Å²) < 4.78 is 11.0. The van der Waals surface area contributed by atoms with Gasteiger partial charge >= 0.3 is 0 Å². The highest BCUT2D eigenvalue weighted by Crippen LogP contribution is 2.34. The van der Waals surface area contributed by atoms with E-state index in [1.54, 1.807) is 13.2 Å². The SMILES string of the molecule is CCNC(=NCCc1ccc(OC)cc1O)NC1CC2CCC1O2.I. The molecular formula is C18H28IN3O3. The second-order valence-corrected chi connectivity index (χ2v) is 6.37. The molecule has 3 N–H and O–H groups in total. The van der Waals surface area contributed by atoms with E-state index >= 15 is 0 Å². The van der Waals surface area contributed by atoms with Crippen molar-refractivity contribution in [2.75, 3.05) is 20.2 Å². The normalized spacial score (nSPS) is 24.7. The molecule has 2 bridgehead atoms. The molecule has 2 fully saturated rings. The van der Waals surface area contributed by atoms with Crippen LogP contribution in [0.3, 0.4) is 0 Å². The molecule has 0 amide bonds. The highest BCUT2D eigenvalue weighted by molar-refractivity contribution is 14.0. The first-order valence-corrected chi connectivity index (χ1v) is 8.75. The van der Waals surface area contributed by atoms with Gasteiger partial charge in [0, 0.05) is 19.2 Å². The molecule has 1 aromatic carbocycles. The standard InChI is InChI=1S/C18H27N3O3.HI/c1-3-19-18(21-15-10-14-6-7-17(15)24-14)20-9-8-12-4-5-13(23-2)11-16(12)22;/h4-5,11,14-15,17,22H,3,6-10H2,1-2H3,(H2,19,20,21);1H. The molecule has 0 radical (unpaired) electrons. The van der Waals surface area contributed by atoms with E-state index in [9.17, 15) is 5.11 Å². The fraction of sp³-hybridized carbons (Fsp3) is 0.611. The zero-order valence-corrected chi connectivity index (χ0v) is 17.2. The van der Waals surface area contributed by atoms with Crippen LogP contribution >= 0.6 is 24.0 Å². The van der Waals surface area contributed by atoms with Crippen LogP contribution in [0.25, 0.3) is 0 Å². The predicted octanol–water partition coefficient (Wildman–Crippen LogP) is 2.44. The van der Waals surface area contributed by atoms with Crippen molar-refractivity contribution in [3.05, 3.63) is 23.8 Å². The van der Waals surface area contributed by atoms with Crippen molar-refractivity contribution in [3.63, 3.8) is 0 Å². The molecule has 3 atom stereocenters. The van der Waals surface area contributed by atoms with Crippen LogP contribution in [0.2, 0.25) is 0 Å². The molecule has 2 saturated heterocycles. The number of fused-ring (bicyclic) bond motifs is 2. The Morgan fingerprint density at radius 1 is 1.40 bits per heavy atom. The van der Waals surface area contributed by atoms with Crippen LogP contribution in [0.15, 0.2) is 23.2 Å². The zero-order chi connectivity index (χ0) is 16.9. The van der Waals surface area contributed by atoms with E-state index in [4.69, 9.17) is 9.47 Å². The summed E-state index contributed by atoms with van der Waals surface area (Å²) in [4.78, 5) is 4.64. The van der Waals surface area contributed by atoms with Crippen molar-refractivity contribution in [1.29, 1.82) is 0 Å². The molecule has 0 spiro atoms. The number of guanidine groups is 1. The summed E-state index contributed by atoms with van der Waals surface area (Å²) in [5, 5.41) is 16.8. The number of nitrogens with zero attached hydrogens (tertiary/aromatic N) is 1. The number of hydrogen-bond donors (Lipinski definition) is 3. The lowest BCUT2D eigenvalue weighted by molar-refractivity contribution is 0.0992. The van der Waals surface area contributed by atoms with Gasteiger partial charge in [0.15, 0.2) is 5.96 Å². The van der Waals surface area contributed by atoms with Crippen LogP contribution in [-0.4, -0.2) is 49.5 Å². The van der Waals surface area contributed by atoms with E-state index < -0.39 is 0 Å². The van der Waals surface area contributed by atoms with Crippen LogP contribution in [0.5, 0.6) is 11.5 Å². The molecule has 2 aliphatic rings. The Morgan fingerprint density at radius 2 is 2.24 bits per heavy atom. The molecule has 6 nitrogen and oxygen atoms in total. The van der Waals surface area contributed by atoms with Crippen molar-refractivity contribution < 1.29 is 14.6 Å². The van der Waals surface area contributed by atoms with Gasteiger partial charge in [-0.1, -0.05) is 6.07 Å². The third-order valence-corrected chi connectivity index (χ3v) is 4.72. The number of aromatic hydroxyl groups is 1. The minimum Gasteiger partial charge on any atom is -0.508 e. The number of phenols is 1. The molecule has 1 aromatic rings. The van der Waals surface area contributed by atoms with Crippen LogP contribution in [0, 0.1) is 0 Å². The van der Waals surface area contributed by atoms with E-state index in [-0.39, 0.29) is 29.7 Å². The largest absolute Gasteiger partial charge is 0.508 e. The average molecular weight is 461 g/mol. The Kier molecular flexibility index (Phi) is 7.61. The van der Waals surface area contributed by atoms with Crippen molar-refractivity contribution in [2.24, 2.45) is 4.99 Å². The number of methoxy groups -OCH3 is 1. The van der Waals surface area contributed by atoms with Crippen LogP contribution < -0.4 is 15.4 Å². The monoisotopic (exact) mass is 461 g/mol. The first-order valence-electron chi connectivity index (χ1n) is 8.75. The number of hydrogen-bond acceptors (Lipinski definition) is 4. The number of ether oxygens (including phenoxy) is 2. The quantitative estimate of drug-likeness (QED) is 0.345. The summed E-state index contributed by atoms with van der Waals surface area (Å²) >= 11 is 0. The van der Waals surface area contributed by atoms with Gasteiger partial charge in [-0.15, -0.1) is 24.0 Å². The lowest BCUT2D eigenvalue weighted by atomic mass is 9.96. The van der Waals surface area contributed by atoms with Crippen molar-refractivity contribution >= 4 is 29.9 Å². The maximum atomic E-state index is 10.0. The number of halogens is 1. The molecule has 0 aliphatic carbocycles. The fourth-order valence-electron chi connectivity index (χ4n) is 3.46. The third-order valence-electron chi connectivity index (χ3n) is 4.72. The average Bonchev–Trinajstić information content (AvgIpc) is 3.19. The van der Waals surface area contributed by atoms with Crippen molar-refractivity contribution in [3.8, 4) is 11.5 Å². The number of aliphatic imine (C=N–C) groups is 1. The maximum absolute atomic E-state index is 10.0. The molecule has 7 heteroatoms. The van der Waals surface area contributed by atoms with Crippen molar-refractivity contribution in [1.82, 2.24) is 10.6 Å². The van der Waals surface area contributed by atoms with Crippen LogP contribution in [-0.2, 0) is 11.2 Å². The van der Waals surface area contributed by atoms with E-state index in [1.807, 2.05) is 12.1 Å². The number of nitrogens with one attached hydrogen (secondary N) is 2. The van der Waals surface area contributed by atoms with Gasteiger partial charge in [0.2, 0.25) is 0 Å². The molecular weight excluding hydrogens is 433 g/mol. The molecule has 3 rings (SSSR count). The van der Waals surface area contributed by atoms with Crippen LogP contribution in [0.4, 0.5) is 0 Å². The number of rotatable bonds is 6. The van der Waals surface area contributed by atoms with Crippen molar-refractivity contribution in [2.45, 2.75) is 50.9 Å². The molecule has 25 heavy (non-hydrogen) atoms. The topological polar surface area (TPSA) is 75.1 Å². The maximum Gasteiger partial charge on any atom is 0.191 e. The molecule has 0 aromatic heterocycles. The second-order valence-electron chi connectivity index (χ2n) is 6.37. The van der Waals surface area contributed by atoms with Gasteiger partial charge < -0.3 is 25.2 Å². The highest BCUT2D eigenvalue weighted by Gasteiger charge is 2.41. The predicted molar refractivity (Wildman–Crippen MR) is 109 cm³/mol. The van der Waals surface area contributed by atoms with Gasteiger partial charge in [-0.05, 0) is 44.2 Å². The summed E-state index contributed by atoms with van der Waals surface area (Å²) in [6, 6.07) is 5.73. The molecule has 2 aliphatic heterocycles. The molecule has 2 heterocycles. The van der Waals surface area contributed by atoms with E-state index in [2.05, 4.69) is 22.5 Å². The lowest BCUT2D eigenvalue weighted by Crippen LogP contribution is -2.47. The second kappa shape index (κ2) is 9.47. The Bertz CT molecular complexity index is 597.